The summed E-state index contributed by atoms with van der Waals surface area (Å²) in [6.07, 6.45) is 1.48. The first-order valence-corrected chi connectivity index (χ1v) is 6.00. The summed E-state index contributed by atoms with van der Waals surface area (Å²) in [7, 11) is 0. The van der Waals surface area contributed by atoms with Crippen LogP contribution >= 0.6 is 0 Å². The van der Waals surface area contributed by atoms with Crippen molar-refractivity contribution in [1.82, 2.24) is 9.80 Å². The van der Waals surface area contributed by atoms with E-state index in [4.69, 9.17) is 15.3 Å². The van der Waals surface area contributed by atoms with Crippen LogP contribution in [0.2, 0.25) is 0 Å². The molecule has 110 valence electrons. The second kappa shape index (κ2) is 7.17. The largest absolute Gasteiger partial charge is 0.480 e. The highest BCUT2D eigenvalue weighted by molar-refractivity contribution is 5.85. The van der Waals surface area contributed by atoms with Gasteiger partial charge in [0, 0.05) is 6.54 Å². The van der Waals surface area contributed by atoms with E-state index in [2.05, 4.69) is 0 Å². The molecule has 3 amide bonds. The number of hydrogen-bond donors (Lipinski definition) is 2. The minimum Gasteiger partial charge on any atom is -0.480 e. The van der Waals surface area contributed by atoms with Crippen LogP contribution < -0.4 is 5.73 Å². The molecule has 1 aromatic rings. The number of furan rings is 1. The Morgan fingerprint density at radius 3 is 2.45 bits per heavy atom. The van der Waals surface area contributed by atoms with Crippen LogP contribution in [-0.4, -0.2) is 52.4 Å². The molecule has 0 aliphatic carbocycles. The molecule has 0 saturated heterocycles. The van der Waals surface area contributed by atoms with E-state index >= 15 is 0 Å². The molecule has 8 heteroatoms. The van der Waals surface area contributed by atoms with Crippen molar-refractivity contribution in [2.24, 2.45) is 5.73 Å². The standard InChI is InChI=1S/C12H17N3O5/c1-2-14(6-9-4-3-5-20-9)12(19)15(7-10(13)16)8-11(17)18/h3-5H,2,6-8H2,1H3,(H2,13,16)(H,17,18). The van der Waals surface area contributed by atoms with Gasteiger partial charge in [0.2, 0.25) is 5.91 Å². The molecular formula is C12H17N3O5. The predicted molar refractivity (Wildman–Crippen MR) is 68.6 cm³/mol. The molecule has 20 heavy (non-hydrogen) atoms. The molecule has 0 aliphatic rings. The lowest BCUT2D eigenvalue weighted by molar-refractivity contribution is -0.138. The van der Waals surface area contributed by atoms with Crippen molar-refractivity contribution in [3.63, 3.8) is 0 Å². The molecule has 0 saturated carbocycles. The van der Waals surface area contributed by atoms with Crippen molar-refractivity contribution in [2.45, 2.75) is 13.5 Å². The maximum absolute atomic E-state index is 12.2. The Balaban J connectivity index is 2.78. The fourth-order valence-corrected chi connectivity index (χ4v) is 1.65. The van der Waals surface area contributed by atoms with Crippen molar-refractivity contribution in [3.8, 4) is 0 Å². The van der Waals surface area contributed by atoms with Crippen LogP contribution in [0.25, 0.3) is 0 Å². The Labute approximate surface area is 115 Å². The molecule has 0 spiro atoms. The highest BCUT2D eigenvalue weighted by Crippen LogP contribution is 2.08. The van der Waals surface area contributed by atoms with Gasteiger partial charge in [-0.1, -0.05) is 0 Å². The highest BCUT2D eigenvalue weighted by atomic mass is 16.4. The number of carboxylic acids is 1. The zero-order chi connectivity index (χ0) is 15.1. The van der Waals surface area contributed by atoms with Crippen molar-refractivity contribution in [1.29, 1.82) is 0 Å². The molecule has 0 radical (unpaired) electrons. The summed E-state index contributed by atoms with van der Waals surface area (Å²) in [5, 5.41) is 8.77. The van der Waals surface area contributed by atoms with Crippen LogP contribution in [0.4, 0.5) is 4.79 Å². The molecule has 0 unspecified atom stereocenters. The van der Waals surface area contributed by atoms with Gasteiger partial charge in [0.15, 0.2) is 0 Å². The first-order chi connectivity index (χ1) is 9.43. The van der Waals surface area contributed by atoms with Gasteiger partial charge in [-0.25, -0.2) is 4.79 Å². The van der Waals surface area contributed by atoms with Crippen LogP contribution in [0.3, 0.4) is 0 Å². The number of nitrogens with zero attached hydrogens (tertiary/aromatic N) is 2. The molecule has 0 aromatic carbocycles. The van der Waals surface area contributed by atoms with Crippen LogP contribution in [0, 0.1) is 0 Å². The number of carboxylic acid groups (broad SMARTS) is 1. The Bertz CT molecular complexity index is 455. The van der Waals surface area contributed by atoms with Gasteiger partial charge in [0.1, 0.15) is 18.8 Å². The van der Waals surface area contributed by atoms with Crippen LogP contribution in [0.1, 0.15) is 12.7 Å². The number of urea groups is 1. The zero-order valence-corrected chi connectivity index (χ0v) is 11.1. The number of hydrogen-bond acceptors (Lipinski definition) is 4. The molecule has 1 aromatic heterocycles. The Morgan fingerprint density at radius 1 is 1.30 bits per heavy atom. The maximum atomic E-state index is 12.2. The second-order valence-corrected chi connectivity index (χ2v) is 4.09. The predicted octanol–water partition coefficient (Wildman–Crippen LogP) is 0.0934. The third kappa shape index (κ3) is 4.63. The van der Waals surface area contributed by atoms with E-state index in [1.54, 1.807) is 19.1 Å². The third-order valence-electron chi connectivity index (χ3n) is 2.52. The van der Waals surface area contributed by atoms with Gasteiger partial charge < -0.3 is 25.1 Å². The van der Waals surface area contributed by atoms with Gasteiger partial charge in [-0.2, -0.15) is 0 Å². The molecule has 0 aliphatic heterocycles. The number of amides is 3. The zero-order valence-electron chi connectivity index (χ0n) is 11.1. The lowest BCUT2D eigenvalue weighted by atomic mass is 10.4. The fourth-order valence-electron chi connectivity index (χ4n) is 1.65. The summed E-state index contributed by atoms with van der Waals surface area (Å²) in [4.78, 5) is 36.1. The van der Waals surface area contributed by atoms with Crippen LogP contribution in [0.5, 0.6) is 0 Å². The van der Waals surface area contributed by atoms with E-state index in [9.17, 15) is 14.4 Å². The number of aliphatic carboxylic acids is 1. The van der Waals surface area contributed by atoms with Crippen molar-refractivity contribution >= 4 is 17.9 Å². The SMILES string of the molecule is CCN(Cc1ccco1)C(=O)N(CC(N)=O)CC(=O)O. The maximum Gasteiger partial charge on any atom is 0.323 e. The van der Waals surface area contributed by atoms with Gasteiger partial charge in [0.05, 0.1) is 12.8 Å². The van der Waals surface area contributed by atoms with Crippen molar-refractivity contribution < 1.29 is 23.9 Å². The normalized spacial score (nSPS) is 10.1. The number of carbonyl (C=O) groups excluding carboxylic acids is 2. The third-order valence-corrected chi connectivity index (χ3v) is 2.52. The number of carbonyl (C=O) groups is 3. The quantitative estimate of drug-likeness (QED) is 0.735. The summed E-state index contributed by atoms with van der Waals surface area (Å²) in [5.74, 6) is -1.42. The lowest BCUT2D eigenvalue weighted by Crippen LogP contribution is -2.48. The molecule has 0 atom stereocenters. The molecule has 1 heterocycles. The second-order valence-electron chi connectivity index (χ2n) is 4.09. The van der Waals surface area contributed by atoms with Crippen LogP contribution in [-0.2, 0) is 16.1 Å². The molecule has 1 rings (SSSR count). The number of primary amides is 1. The highest BCUT2D eigenvalue weighted by Gasteiger charge is 2.24. The summed E-state index contributed by atoms with van der Waals surface area (Å²) in [6.45, 7) is 1.24. The van der Waals surface area contributed by atoms with E-state index < -0.39 is 31.0 Å². The first-order valence-electron chi connectivity index (χ1n) is 6.00. The summed E-state index contributed by atoms with van der Waals surface area (Å²) >= 11 is 0. The van der Waals surface area contributed by atoms with E-state index in [1.807, 2.05) is 0 Å². The molecule has 0 bridgehead atoms. The lowest BCUT2D eigenvalue weighted by Gasteiger charge is -2.27. The smallest absolute Gasteiger partial charge is 0.323 e. The van der Waals surface area contributed by atoms with Gasteiger partial charge in [0.25, 0.3) is 0 Å². The van der Waals surface area contributed by atoms with Crippen molar-refractivity contribution in [2.75, 3.05) is 19.6 Å². The van der Waals surface area contributed by atoms with Crippen LogP contribution in [0.15, 0.2) is 22.8 Å². The molecule has 0 fully saturated rings. The van der Waals surface area contributed by atoms with E-state index in [0.29, 0.717) is 12.3 Å². The number of rotatable bonds is 7. The summed E-state index contributed by atoms with van der Waals surface area (Å²) in [6, 6.07) is 2.81. The fraction of sp³-hybridized carbons (Fsp3) is 0.417. The Kier molecular flexibility index (Phi) is 5.57. The van der Waals surface area contributed by atoms with E-state index in [0.717, 1.165) is 4.90 Å². The Morgan fingerprint density at radius 2 is 2.00 bits per heavy atom. The Hall–Kier alpha value is -2.51. The molecular weight excluding hydrogens is 266 g/mol. The van der Waals surface area contributed by atoms with Gasteiger partial charge >= 0.3 is 12.0 Å². The molecule has 3 N–H and O–H groups in total. The van der Waals surface area contributed by atoms with Crippen molar-refractivity contribution in [3.05, 3.63) is 24.2 Å². The van der Waals surface area contributed by atoms with E-state index in [1.165, 1.54) is 11.2 Å². The van der Waals surface area contributed by atoms with E-state index in [-0.39, 0.29) is 6.54 Å². The topological polar surface area (TPSA) is 117 Å². The molecule has 8 nitrogen and oxygen atoms in total. The van der Waals surface area contributed by atoms with Gasteiger partial charge in [-0.05, 0) is 19.1 Å². The first kappa shape index (κ1) is 15.5. The van der Waals surface area contributed by atoms with Gasteiger partial charge in [-0.15, -0.1) is 0 Å². The monoisotopic (exact) mass is 283 g/mol. The minimum absolute atomic E-state index is 0.192. The number of nitrogens with two attached hydrogens (primary N) is 1. The minimum atomic E-state index is -1.21. The van der Waals surface area contributed by atoms with Gasteiger partial charge in [-0.3, -0.25) is 9.59 Å². The summed E-state index contributed by atoms with van der Waals surface area (Å²) < 4.78 is 5.14. The average Bonchev–Trinajstić information content (AvgIpc) is 2.86. The summed E-state index contributed by atoms with van der Waals surface area (Å²) in [5.41, 5.74) is 5.02. The average molecular weight is 283 g/mol.